The van der Waals surface area contributed by atoms with Crippen molar-refractivity contribution < 1.29 is 33.4 Å². The zero-order valence-corrected chi connectivity index (χ0v) is 23.9. The Labute approximate surface area is 248 Å². The van der Waals surface area contributed by atoms with Gasteiger partial charge in [-0.05, 0) is 62.4 Å². The molecule has 0 unspecified atom stereocenters. The maximum Gasteiger partial charge on any atom is 0.408 e. The van der Waals surface area contributed by atoms with Crippen molar-refractivity contribution in [2.75, 3.05) is 11.9 Å². The van der Waals surface area contributed by atoms with E-state index in [1.54, 1.807) is 43.3 Å². The lowest BCUT2D eigenvalue weighted by molar-refractivity contribution is -0.137. The lowest BCUT2D eigenvalue weighted by atomic mass is 10.1. The molecule has 1 heterocycles. The monoisotopic (exact) mass is 602 g/mol. The van der Waals surface area contributed by atoms with Crippen LogP contribution in [0, 0.1) is 6.92 Å². The number of unbranched alkanes of at least 4 members (excludes halogenated alkanes) is 1. The van der Waals surface area contributed by atoms with Gasteiger partial charge in [0, 0.05) is 29.6 Å². The summed E-state index contributed by atoms with van der Waals surface area (Å²) >= 11 is 0. The fourth-order valence-corrected chi connectivity index (χ4v) is 4.11. The number of hydrogen-bond acceptors (Lipinski definition) is 8. The van der Waals surface area contributed by atoms with E-state index < -0.39 is 48.0 Å². The summed E-state index contributed by atoms with van der Waals surface area (Å²) in [7, 11) is 0. The third-order valence-corrected chi connectivity index (χ3v) is 6.27. The molecular weight excluding hydrogens is 568 g/mol. The smallest absolute Gasteiger partial charge is 0.408 e. The first-order chi connectivity index (χ1) is 19.7. The number of rotatable bonds is 14. The summed E-state index contributed by atoms with van der Waals surface area (Å²) in [4.78, 5) is 61.8. The van der Waals surface area contributed by atoms with Gasteiger partial charge in [-0.3, -0.25) is 14.4 Å². The second kappa shape index (κ2) is 16.7. The van der Waals surface area contributed by atoms with Gasteiger partial charge in [0.2, 0.25) is 11.8 Å². The van der Waals surface area contributed by atoms with E-state index in [1.165, 1.54) is 12.1 Å². The van der Waals surface area contributed by atoms with Gasteiger partial charge in [0.1, 0.15) is 24.3 Å². The first-order valence-corrected chi connectivity index (χ1v) is 13.2. The number of ether oxygens (including phenoxy) is 1. The lowest BCUT2D eigenvalue weighted by Gasteiger charge is -2.23. The number of amides is 3. The minimum atomic E-state index is -1.27. The number of anilines is 1. The van der Waals surface area contributed by atoms with Gasteiger partial charge in [-0.1, -0.05) is 30.3 Å². The van der Waals surface area contributed by atoms with E-state index in [9.17, 15) is 24.0 Å². The minimum Gasteiger partial charge on any atom is -0.481 e. The topological polar surface area (TPSA) is 190 Å². The molecule has 226 valence electrons. The summed E-state index contributed by atoms with van der Waals surface area (Å²) in [6.45, 7) is 2.11. The highest BCUT2D eigenvalue weighted by Gasteiger charge is 2.28. The number of hydrogen-bond donors (Lipinski definition) is 5. The predicted octanol–water partition coefficient (Wildman–Crippen LogP) is 3.24. The molecule has 0 aliphatic carbocycles. The van der Waals surface area contributed by atoms with Crippen molar-refractivity contribution in [3.63, 3.8) is 0 Å². The van der Waals surface area contributed by atoms with Crippen LogP contribution in [0.4, 0.5) is 10.5 Å². The lowest BCUT2D eigenvalue weighted by Crippen LogP contribution is -2.52. The van der Waals surface area contributed by atoms with E-state index in [2.05, 4.69) is 16.0 Å². The first kappa shape index (κ1) is 33.8. The molecule has 0 aliphatic rings. The third kappa shape index (κ3) is 10.5. The molecule has 0 bridgehead atoms. The van der Waals surface area contributed by atoms with Crippen molar-refractivity contribution in [1.29, 1.82) is 0 Å². The second-order valence-corrected chi connectivity index (χ2v) is 9.49. The SMILES string of the molecule is Cc1cc(=O)oc2cc(NC(=O)[C@H](CCCCN)NC(=O)[C@H](CCC(=O)O)NC(=O)OCc3ccccc3)ccc12.Cl. The number of carboxylic acids is 1. The van der Waals surface area contributed by atoms with Crippen molar-refractivity contribution in [3.05, 3.63) is 76.1 Å². The van der Waals surface area contributed by atoms with Gasteiger partial charge in [-0.25, -0.2) is 9.59 Å². The summed E-state index contributed by atoms with van der Waals surface area (Å²) in [6, 6.07) is 12.8. The average Bonchev–Trinajstić information content (AvgIpc) is 2.93. The van der Waals surface area contributed by atoms with Crippen molar-refractivity contribution in [3.8, 4) is 0 Å². The van der Waals surface area contributed by atoms with Gasteiger partial charge < -0.3 is 35.9 Å². The molecule has 0 fully saturated rings. The molecule has 0 saturated carbocycles. The number of carbonyl (C=O) groups is 4. The summed E-state index contributed by atoms with van der Waals surface area (Å²) in [5, 5.41) is 17.6. The zero-order valence-electron chi connectivity index (χ0n) is 23.1. The number of alkyl carbamates (subject to hydrolysis) is 1. The molecule has 42 heavy (non-hydrogen) atoms. The van der Waals surface area contributed by atoms with Crippen LogP contribution in [0.1, 0.15) is 43.2 Å². The number of carbonyl (C=O) groups excluding carboxylic acids is 3. The van der Waals surface area contributed by atoms with Gasteiger partial charge in [0.25, 0.3) is 0 Å². The number of halogens is 1. The number of nitrogens with two attached hydrogens (primary N) is 1. The minimum absolute atomic E-state index is 0. The molecule has 2 aromatic carbocycles. The zero-order chi connectivity index (χ0) is 29.8. The van der Waals surface area contributed by atoms with E-state index in [-0.39, 0.29) is 31.9 Å². The van der Waals surface area contributed by atoms with Crippen LogP contribution in [0.2, 0.25) is 0 Å². The highest BCUT2D eigenvalue weighted by Crippen LogP contribution is 2.21. The van der Waals surface area contributed by atoms with Crippen LogP contribution >= 0.6 is 12.4 Å². The Morgan fingerprint density at radius 1 is 0.952 bits per heavy atom. The number of nitrogens with one attached hydrogen (secondary N) is 3. The number of fused-ring (bicyclic) bond motifs is 1. The third-order valence-electron chi connectivity index (χ3n) is 6.27. The van der Waals surface area contributed by atoms with Crippen molar-refractivity contribution in [2.45, 2.75) is 57.7 Å². The Bertz CT molecular complexity index is 1430. The first-order valence-electron chi connectivity index (χ1n) is 13.2. The van der Waals surface area contributed by atoms with Crippen LogP contribution in [0.15, 0.2) is 63.8 Å². The Morgan fingerprint density at radius 3 is 2.36 bits per heavy atom. The molecule has 3 rings (SSSR count). The highest BCUT2D eigenvalue weighted by molar-refractivity contribution is 5.99. The normalized spacial score (nSPS) is 12.0. The molecule has 13 heteroatoms. The molecule has 0 aliphatic heterocycles. The molecule has 0 radical (unpaired) electrons. The molecule has 3 aromatic rings. The highest BCUT2D eigenvalue weighted by atomic mass is 35.5. The summed E-state index contributed by atoms with van der Waals surface area (Å²) in [6.07, 6.45) is -0.165. The van der Waals surface area contributed by atoms with Crippen LogP contribution < -0.4 is 27.3 Å². The Balaban J connectivity index is 0.00000616. The fraction of sp³-hybridized carbons (Fsp3) is 0.345. The van der Waals surface area contributed by atoms with Crippen LogP contribution in [0.5, 0.6) is 0 Å². The van der Waals surface area contributed by atoms with Crippen LogP contribution in [-0.2, 0) is 25.7 Å². The number of aryl methyl sites for hydroxylation is 1. The standard InChI is InChI=1S/C29H34N4O8.ClH/c1-18-15-26(36)41-24-16-20(10-11-21(18)24)31-27(37)22(9-5-6-14-30)32-28(38)23(12-13-25(34)35)33-29(39)40-17-19-7-3-2-4-8-19;/h2-4,7-8,10-11,15-16,22-23H,5-6,9,12-14,17,30H2,1H3,(H,31,37)(H,32,38)(H,33,39)(H,34,35);1H/t22-,23-;/m0./s1. The van der Waals surface area contributed by atoms with Crippen LogP contribution in [-0.4, -0.2) is 47.6 Å². The number of carboxylic acid groups (broad SMARTS) is 1. The fourth-order valence-electron chi connectivity index (χ4n) is 4.11. The molecule has 2 atom stereocenters. The van der Waals surface area contributed by atoms with Crippen LogP contribution in [0.25, 0.3) is 11.0 Å². The van der Waals surface area contributed by atoms with Crippen molar-refractivity contribution in [2.24, 2.45) is 5.73 Å². The molecule has 0 spiro atoms. The van der Waals surface area contributed by atoms with E-state index in [1.807, 2.05) is 6.07 Å². The van der Waals surface area contributed by atoms with E-state index in [4.69, 9.17) is 20.0 Å². The summed E-state index contributed by atoms with van der Waals surface area (Å²) < 4.78 is 10.4. The Hall–Kier alpha value is -4.42. The van der Waals surface area contributed by atoms with E-state index in [0.29, 0.717) is 36.0 Å². The van der Waals surface area contributed by atoms with Gasteiger partial charge in [-0.2, -0.15) is 0 Å². The molecule has 0 saturated heterocycles. The summed E-state index contributed by atoms with van der Waals surface area (Å²) in [5.41, 5.74) is 7.17. The average molecular weight is 603 g/mol. The number of benzene rings is 2. The molecule has 3 amide bonds. The molecular formula is C29H35ClN4O8. The van der Waals surface area contributed by atoms with Gasteiger partial charge in [0.05, 0.1) is 0 Å². The maximum atomic E-state index is 13.2. The summed E-state index contributed by atoms with van der Waals surface area (Å²) in [5.74, 6) is -2.44. The van der Waals surface area contributed by atoms with Crippen molar-refractivity contribution in [1.82, 2.24) is 10.6 Å². The van der Waals surface area contributed by atoms with E-state index in [0.717, 1.165) is 11.1 Å². The van der Waals surface area contributed by atoms with Gasteiger partial charge >= 0.3 is 17.7 Å². The second-order valence-electron chi connectivity index (χ2n) is 9.49. The maximum absolute atomic E-state index is 13.2. The van der Waals surface area contributed by atoms with Gasteiger partial charge in [-0.15, -0.1) is 12.4 Å². The van der Waals surface area contributed by atoms with Gasteiger partial charge in [0.15, 0.2) is 0 Å². The predicted molar refractivity (Wildman–Crippen MR) is 158 cm³/mol. The quantitative estimate of drug-likeness (QED) is 0.136. The Kier molecular flexibility index (Phi) is 13.5. The molecule has 1 aromatic heterocycles. The molecule has 6 N–H and O–H groups in total. The van der Waals surface area contributed by atoms with E-state index >= 15 is 0 Å². The Morgan fingerprint density at radius 2 is 1.67 bits per heavy atom. The van der Waals surface area contributed by atoms with Crippen molar-refractivity contribution >= 4 is 52.9 Å². The number of aliphatic carboxylic acids is 1. The molecule has 12 nitrogen and oxygen atoms in total. The largest absolute Gasteiger partial charge is 0.481 e. The van der Waals surface area contributed by atoms with Crippen LogP contribution in [0.3, 0.4) is 0 Å².